The maximum absolute atomic E-state index is 12.5. The fourth-order valence-electron chi connectivity index (χ4n) is 2.46. The third-order valence-electron chi connectivity index (χ3n) is 3.87. The van der Waals surface area contributed by atoms with Gasteiger partial charge in [0.2, 0.25) is 20.0 Å². The molecule has 0 aliphatic rings. The van der Waals surface area contributed by atoms with Crippen LogP contribution in [0, 0.1) is 6.92 Å². The zero-order valence-electron chi connectivity index (χ0n) is 15.1. The van der Waals surface area contributed by atoms with E-state index < -0.39 is 20.0 Å². The van der Waals surface area contributed by atoms with Gasteiger partial charge in [0.05, 0.1) is 11.2 Å². The van der Waals surface area contributed by atoms with E-state index in [0.717, 1.165) is 11.8 Å². The van der Waals surface area contributed by atoms with Crippen molar-refractivity contribution in [3.05, 3.63) is 58.3 Å². The number of nitrogens with zero attached hydrogens (tertiary/aromatic N) is 2. The van der Waals surface area contributed by atoms with E-state index in [-0.39, 0.29) is 24.5 Å². The van der Waals surface area contributed by atoms with Gasteiger partial charge < -0.3 is 0 Å². The van der Waals surface area contributed by atoms with E-state index in [2.05, 4.69) is 25.6 Å². The van der Waals surface area contributed by atoms with Gasteiger partial charge in [0.1, 0.15) is 0 Å². The molecule has 2 rings (SSSR count). The SMILES string of the molecule is Cc1ccc(Br)cc1S(=O)(=O)NCCCN(Cc1cccnc1)S(C)(=O)=O. The molecule has 0 saturated carbocycles. The Kier molecular flexibility index (Phi) is 7.52. The normalized spacial score (nSPS) is 12.4. The largest absolute Gasteiger partial charge is 0.264 e. The summed E-state index contributed by atoms with van der Waals surface area (Å²) in [4.78, 5) is 4.18. The lowest BCUT2D eigenvalue weighted by Crippen LogP contribution is -2.33. The Morgan fingerprint density at radius 3 is 2.56 bits per heavy atom. The predicted octanol–water partition coefficient (Wildman–Crippen LogP) is 2.28. The summed E-state index contributed by atoms with van der Waals surface area (Å²) in [5.74, 6) is 0. The van der Waals surface area contributed by atoms with Crippen LogP contribution in [0.4, 0.5) is 0 Å². The van der Waals surface area contributed by atoms with Crippen molar-refractivity contribution in [2.45, 2.75) is 24.8 Å². The maximum atomic E-state index is 12.5. The average Bonchev–Trinajstić information content (AvgIpc) is 2.59. The molecular formula is C17H22BrN3O4S2. The third kappa shape index (κ3) is 6.65. The zero-order valence-corrected chi connectivity index (χ0v) is 18.3. The molecule has 0 unspecified atom stereocenters. The first-order chi connectivity index (χ1) is 12.6. The lowest BCUT2D eigenvalue weighted by molar-refractivity contribution is 0.403. The molecule has 0 aliphatic carbocycles. The number of benzene rings is 1. The van der Waals surface area contributed by atoms with Gasteiger partial charge in [-0.1, -0.05) is 28.1 Å². The Bertz CT molecular complexity index is 980. The first-order valence-electron chi connectivity index (χ1n) is 8.19. The molecule has 27 heavy (non-hydrogen) atoms. The molecule has 1 aromatic carbocycles. The number of nitrogens with one attached hydrogen (secondary N) is 1. The van der Waals surface area contributed by atoms with E-state index in [1.807, 2.05) is 0 Å². The highest BCUT2D eigenvalue weighted by molar-refractivity contribution is 9.10. The molecule has 0 amide bonds. The highest BCUT2D eigenvalue weighted by atomic mass is 79.9. The Morgan fingerprint density at radius 2 is 1.93 bits per heavy atom. The van der Waals surface area contributed by atoms with Gasteiger partial charge in [0, 0.05) is 36.5 Å². The van der Waals surface area contributed by atoms with Crippen LogP contribution in [-0.2, 0) is 26.6 Å². The molecule has 1 aromatic heterocycles. The van der Waals surface area contributed by atoms with Crippen molar-refractivity contribution in [3.8, 4) is 0 Å². The molecule has 1 N–H and O–H groups in total. The molecule has 0 atom stereocenters. The second kappa shape index (κ2) is 9.24. The van der Waals surface area contributed by atoms with Crippen molar-refractivity contribution >= 4 is 36.0 Å². The number of halogens is 1. The summed E-state index contributed by atoms with van der Waals surface area (Å²) >= 11 is 3.27. The molecule has 0 fully saturated rings. The van der Waals surface area contributed by atoms with Crippen LogP contribution >= 0.6 is 15.9 Å². The zero-order chi connectivity index (χ0) is 20.1. The first kappa shape index (κ1) is 22.0. The minimum Gasteiger partial charge on any atom is -0.264 e. The van der Waals surface area contributed by atoms with Gasteiger partial charge >= 0.3 is 0 Å². The van der Waals surface area contributed by atoms with E-state index in [0.29, 0.717) is 16.5 Å². The van der Waals surface area contributed by atoms with Crippen LogP contribution in [0.1, 0.15) is 17.5 Å². The fourth-order valence-corrected chi connectivity index (χ4v) is 5.16. The van der Waals surface area contributed by atoms with E-state index in [4.69, 9.17) is 0 Å². The molecule has 1 heterocycles. The average molecular weight is 476 g/mol. The van der Waals surface area contributed by atoms with Gasteiger partial charge in [-0.3, -0.25) is 4.98 Å². The van der Waals surface area contributed by atoms with Crippen molar-refractivity contribution in [1.82, 2.24) is 14.0 Å². The van der Waals surface area contributed by atoms with Gasteiger partial charge in [-0.2, -0.15) is 4.31 Å². The smallest absolute Gasteiger partial charge is 0.240 e. The summed E-state index contributed by atoms with van der Waals surface area (Å²) in [6.07, 6.45) is 4.71. The van der Waals surface area contributed by atoms with E-state index in [1.54, 1.807) is 49.6 Å². The second-order valence-electron chi connectivity index (χ2n) is 6.12. The van der Waals surface area contributed by atoms with Gasteiger partial charge in [0.25, 0.3) is 0 Å². The standard InChI is InChI=1S/C17H22BrN3O4S2/c1-14-6-7-16(18)11-17(14)27(24,25)20-9-4-10-21(26(2,22)23)13-15-5-3-8-19-12-15/h3,5-8,11-12,20H,4,9-10,13H2,1-2H3. The quantitative estimate of drug-likeness (QED) is 0.561. The summed E-state index contributed by atoms with van der Waals surface area (Å²) in [6.45, 7) is 2.26. The monoisotopic (exact) mass is 475 g/mol. The van der Waals surface area contributed by atoms with E-state index >= 15 is 0 Å². The number of hydrogen-bond donors (Lipinski definition) is 1. The van der Waals surface area contributed by atoms with Gasteiger partial charge in [0.15, 0.2) is 0 Å². The number of aromatic nitrogens is 1. The minimum atomic E-state index is -3.66. The number of pyridine rings is 1. The molecular weight excluding hydrogens is 454 g/mol. The van der Waals surface area contributed by atoms with Crippen molar-refractivity contribution in [2.75, 3.05) is 19.3 Å². The minimum absolute atomic E-state index is 0.132. The molecule has 7 nitrogen and oxygen atoms in total. The summed E-state index contributed by atoms with van der Waals surface area (Å²) in [5.41, 5.74) is 1.41. The van der Waals surface area contributed by atoms with Crippen LogP contribution in [0.5, 0.6) is 0 Å². The first-order valence-corrected chi connectivity index (χ1v) is 12.3. The molecule has 0 aliphatic heterocycles. The number of sulfonamides is 2. The lowest BCUT2D eigenvalue weighted by atomic mass is 10.2. The fraction of sp³-hybridized carbons (Fsp3) is 0.353. The lowest BCUT2D eigenvalue weighted by Gasteiger charge is -2.20. The number of aryl methyl sites for hydroxylation is 1. The second-order valence-corrected chi connectivity index (χ2v) is 10.8. The molecule has 0 saturated heterocycles. The van der Waals surface area contributed by atoms with E-state index in [9.17, 15) is 16.8 Å². The Hall–Kier alpha value is -1.33. The van der Waals surface area contributed by atoms with Crippen molar-refractivity contribution in [1.29, 1.82) is 0 Å². The van der Waals surface area contributed by atoms with Crippen LogP contribution in [0.2, 0.25) is 0 Å². The summed E-state index contributed by atoms with van der Waals surface area (Å²) in [7, 11) is -7.09. The van der Waals surface area contributed by atoms with Crippen molar-refractivity contribution in [3.63, 3.8) is 0 Å². The molecule has 10 heteroatoms. The summed E-state index contributed by atoms with van der Waals surface area (Å²) < 4.78 is 53.4. The highest BCUT2D eigenvalue weighted by Gasteiger charge is 2.19. The third-order valence-corrected chi connectivity index (χ3v) is 7.21. The predicted molar refractivity (Wildman–Crippen MR) is 108 cm³/mol. The Balaban J connectivity index is 1.97. The molecule has 0 bridgehead atoms. The van der Waals surface area contributed by atoms with Crippen LogP contribution in [0.25, 0.3) is 0 Å². The number of rotatable bonds is 9. The topological polar surface area (TPSA) is 96.4 Å². The van der Waals surface area contributed by atoms with Gasteiger partial charge in [-0.05, 0) is 42.7 Å². The maximum Gasteiger partial charge on any atom is 0.240 e. The number of hydrogen-bond acceptors (Lipinski definition) is 5. The van der Waals surface area contributed by atoms with Crippen molar-refractivity contribution in [2.24, 2.45) is 0 Å². The highest BCUT2D eigenvalue weighted by Crippen LogP contribution is 2.20. The Labute approximate surface area is 169 Å². The summed E-state index contributed by atoms with van der Waals surface area (Å²) in [6, 6.07) is 8.58. The Morgan fingerprint density at radius 1 is 1.19 bits per heavy atom. The van der Waals surface area contributed by atoms with Crippen LogP contribution < -0.4 is 4.72 Å². The van der Waals surface area contributed by atoms with Crippen molar-refractivity contribution < 1.29 is 16.8 Å². The van der Waals surface area contributed by atoms with Crippen LogP contribution in [0.3, 0.4) is 0 Å². The van der Waals surface area contributed by atoms with Gasteiger partial charge in [-0.25, -0.2) is 21.6 Å². The summed E-state index contributed by atoms with van der Waals surface area (Å²) in [5, 5.41) is 0. The van der Waals surface area contributed by atoms with Gasteiger partial charge in [-0.15, -0.1) is 0 Å². The molecule has 2 aromatic rings. The van der Waals surface area contributed by atoms with Crippen LogP contribution in [0.15, 0.2) is 52.1 Å². The molecule has 0 spiro atoms. The van der Waals surface area contributed by atoms with Crippen LogP contribution in [-0.4, -0.2) is 45.5 Å². The van der Waals surface area contributed by atoms with E-state index in [1.165, 1.54) is 4.31 Å². The molecule has 148 valence electrons. The molecule has 0 radical (unpaired) electrons.